The molecule has 0 N–H and O–H groups in total. The SMILES string of the molecule is CC1(C)c2ccccc2-c2ccc(-c3ccc4cc(-c5ccc6cc(-c7ccc8cc(-c9ccc%10c(c9)C(C)(C)c9ccccc9-%10)ccc8c7)ccc6c5)ccc4c3)cc21. The van der Waals surface area contributed by atoms with E-state index in [1.165, 1.54) is 121 Å². The highest BCUT2D eigenvalue weighted by molar-refractivity contribution is 5.97. The average Bonchev–Trinajstić information content (AvgIpc) is 3.66. The van der Waals surface area contributed by atoms with E-state index in [0.717, 1.165) is 0 Å². The summed E-state index contributed by atoms with van der Waals surface area (Å²) in [6.45, 7) is 9.40. The molecule has 0 nitrogen and oxygen atoms in total. The Labute approximate surface area is 352 Å². The highest BCUT2D eigenvalue weighted by atomic mass is 14.4. The molecule has 12 rings (SSSR count). The lowest BCUT2D eigenvalue weighted by Gasteiger charge is -2.22. The van der Waals surface area contributed by atoms with Gasteiger partial charge in [-0.25, -0.2) is 0 Å². The fourth-order valence-electron chi connectivity index (χ4n) is 10.6. The zero-order valence-corrected chi connectivity index (χ0v) is 34.5. The third-order valence-electron chi connectivity index (χ3n) is 14.0. The van der Waals surface area contributed by atoms with Crippen molar-refractivity contribution in [3.05, 3.63) is 216 Å². The molecule has 0 bridgehead atoms. The standard InChI is InChI=1S/C60H44/c1-59(2)55-11-7-5-9-51(55)53-27-25-49(35-57(53)59)47-23-21-43-31-41(17-19-45(43)33-47)39-15-13-38-30-40(16-14-37(38)29-39)42-18-20-46-34-48(24-22-44(46)32-42)50-26-28-54-52-10-6-8-12-56(52)60(3,4)58(54)36-50/h5-36H,1-4H3. The molecule has 0 radical (unpaired) electrons. The Hall–Kier alpha value is -7.02. The number of hydrogen-bond acceptors (Lipinski definition) is 0. The van der Waals surface area contributed by atoms with Crippen molar-refractivity contribution in [2.75, 3.05) is 0 Å². The van der Waals surface area contributed by atoms with E-state index in [9.17, 15) is 0 Å². The first-order chi connectivity index (χ1) is 29.2. The molecule has 0 unspecified atom stereocenters. The van der Waals surface area contributed by atoms with Crippen LogP contribution < -0.4 is 0 Å². The van der Waals surface area contributed by atoms with Gasteiger partial charge in [0, 0.05) is 10.8 Å². The van der Waals surface area contributed by atoms with Gasteiger partial charge in [-0.1, -0.05) is 173 Å². The number of fused-ring (bicyclic) bond motifs is 9. The van der Waals surface area contributed by atoms with Crippen LogP contribution >= 0.6 is 0 Å². The van der Waals surface area contributed by atoms with Crippen LogP contribution in [-0.2, 0) is 10.8 Å². The third kappa shape index (κ3) is 5.30. The summed E-state index contributed by atoms with van der Waals surface area (Å²) in [5.41, 5.74) is 21.1. The molecule has 2 aliphatic rings. The zero-order chi connectivity index (χ0) is 40.3. The largest absolute Gasteiger partial charge is 0.0619 e. The molecule has 2 aliphatic carbocycles. The van der Waals surface area contributed by atoms with E-state index in [2.05, 4.69) is 222 Å². The quantitative estimate of drug-likeness (QED) is 0.167. The predicted molar refractivity (Wildman–Crippen MR) is 256 cm³/mol. The van der Waals surface area contributed by atoms with Gasteiger partial charge in [0.05, 0.1) is 0 Å². The van der Waals surface area contributed by atoms with E-state index in [-0.39, 0.29) is 10.8 Å². The lowest BCUT2D eigenvalue weighted by atomic mass is 9.81. The van der Waals surface area contributed by atoms with Crippen LogP contribution in [0.2, 0.25) is 0 Å². The summed E-state index contributed by atoms with van der Waals surface area (Å²) in [6, 6.07) is 73.1. The second-order valence-corrected chi connectivity index (χ2v) is 18.2. The molecule has 0 fully saturated rings. The first-order valence-electron chi connectivity index (χ1n) is 21.3. The van der Waals surface area contributed by atoms with Crippen molar-refractivity contribution in [1.29, 1.82) is 0 Å². The molecule has 284 valence electrons. The van der Waals surface area contributed by atoms with Crippen molar-refractivity contribution in [3.63, 3.8) is 0 Å². The summed E-state index contributed by atoms with van der Waals surface area (Å²) >= 11 is 0. The van der Waals surface area contributed by atoms with Gasteiger partial charge in [-0.2, -0.15) is 0 Å². The predicted octanol–water partition coefficient (Wildman–Crippen LogP) is 16.4. The average molecular weight is 765 g/mol. The van der Waals surface area contributed by atoms with Crippen molar-refractivity contribution in [2.45, 2.75) is 38.5 Å². The molecule has 0 atom stereocenters. The molecule has 0 heteroatoms. The molecule has 0 heterocycles. The second kappa shape index (κ2) is 12.7. The highest BCUT2D eigenvalue weighted by Gasteiger charge is 2.36. The van der Waals surface area contributed by atoms with Crippen molar-refractivity contribution in [3.8, 4) is 66.8 Å². The maximum Gasteiger partial charge on any atom is 0.0159 e. The monoisotopic (exact) mass is 764 g/mol. The molecule has 0 aliphatic heterocycles. The topological polar surface area (TPSA) is 0 Å². The summed E-state index contributed by atoms with van der Waals surface area (Å²) in [6.07, 6.45) is 0. The van der Waals surface area contributed by atoms with Gasteiger partial charge in [0.2, 0.25) is 0 Å². The maximum atomic E-state index is 2.41. The van der Waals surface area contributed by atoms with Crippen LogP contribution in [-0.4, -0.2) is 0 Å². The van der Waals surface area contributed by atoms with Gasteiger partial charge in [0.1, 0.15) is 0 Å². The Kier molecular flexibility index (Phi) is 7.42. The molecule has 0 saturated heterocycles. The van der Waals surface area contributed by atoms with Crippen LogP contribution in [0.25, 0.3) is 99.1 Å². The van der Waals surface area contributed by atoms with Crippen LogP contribution in [0, 0.1) is 0 Å². The molecule has 10 aromatic rings. The van der Waals surface area contributed by atoms with Gasteiger partial charge in [0.15, 0.2) is 0 Å². The van der Waals surface area contributed by atoms with Crippen LogP contribution in [0.5, 0.6) is 0 Å². The minimum absolute atomic E-state index is 0.00658. The Morgan fingerprint density at radius 2 is 0.450 bits per heavy atom. The van der Waals surface area contributed by atoms with Crippen LogP contribution in [0.1, 0.15) is 49.9 Å². The van der Waals surface area contributed by atoms with E-state index in [1.54, 1.807) is 0 Å². The fraction of sp³-hybridized carbons (Fsp3) is 0.100. The second-order valence-electron chi connectivity index (χ2n) is 18.2. The van der Waals surface area contributed by atoms with Gasteiger partial charge < -0.3 is 0 Å². The summed E-state index contributed by atoms with van der Waals surface area (Å²) in [4.78, 5) is 0. The Morgan fingerprint density at radius 3 is 0.750 bits per heavy atom. The van der Waals surface area contributed by atoms with E-state index < -0.39 is 0 Å². The molecule has 0 spiro atoms. The Balaban J connectivity index is 0.798. The Bertz CT molecular complexity index is 3200. The summed E-state index contributed by atoms with van der Waals surface area (Å²) in [5, 5.41) is 7.53. The van der Waals surface area contributed by atoms with Crippen LogP contribution in [0.4, 0.5) is 0 Å². The molecular weight excluding hydrogens is 721 g/mol. The summed E-state index contributed by atoms with van der Waals surface area (Å²) in [5.74, 6) is 0. The van der Waals surface area contributed by atoms with Crippen LogP contribution in [0.3, 0.4) is 0 Å². The van der Waals surface area contributed by atoms with Crippen molar-refractivity contribution < 1.29 is 0 Å². The minimum Gasteiger partial charge on any atom is -0.0619 e. The first kappa shape index (κ1) is 35.0. The van der Waals surface area contributed by atoms with Gasteiger partial charge in [0.25, 0.3) is 0 Å². The zero-order valence-electron chi connectivity index (χ0n) is 34.5. The molecule has 10 aromatic carbocycles. The minimum atomic E-state index is -0.00658. The van der Waals surface area contributed by atoms with Crippen molar-refractivity contribution >= 4 is 32.3 Å². The fourth-order valence-corrected chi connectivity index (χ4v) is 10.6. The maximum absolute atomic E-state index is 2.41. The van der Waals surface area contributed by atoms with E-state index >= 15 is 0 Å². The van der Waals surface area contributed by atoms with Crippen molar-refractivity contribution in [2.24, 2.45) is 0 Å². The van der Waals surface area contributed by atoms with E-state index in [1.807, 2.05) is 0 Å². The highest BCUT2D eigenvalue weighted by Crippen LogP contribution is 2.51. The van der Waals surface area contributed by atoms with Gasteiger partial charge in [-0.3, -0.25) is 0 Å². The van der Waals surface area contributed by atoms with Gasteiger partial charge in [-0.05, 0) is 170 Å². The van der Waals surface area contributed by atoms with E-state index in [4.69, 9.17) is 0 Å². The smallest absolute Gasteiger partial charge is 0.0159 e. The summed E-state index contributed by atoms with van der Waals surface area (Å²) in [7, 11) is 0. The normalized spacial score (nSPS) is 14.3. The molecule has 0 aromatic heterocycles. The molecular formula is C60H44. The van der Waals surface area contributed by atoms with Gasteiger partial charge >= 0.3 is 0 Å². The third-order valence-corrected chi connectivity index (χ3v) is 14.0. The molecule has 0 amide bonds. The molecule has 60 heavy (non-hydrogen) atoms. The van der Waals surface area contributed by atoms with Crippen LogP contribution in [0.15, 0.2) is 194 Å². The summed E-state index contributed by atoms with van der Waals surface area (Å²) < 4.78 is 0. The Morgan fingerprint density at radius 1 is 0.217 bits per heavy atom. The lowest BCUT2D eigenvalue weighted by Crippen LogP contribution is -2.14. The first-order valence-corrected chi connectivity index (χ1v) is 21.3. The number of benzene rings is 10. The molecule has 0 saturated carbocycles. The van der Waals surface area contributed by atoms with E-state index in [0.29, 0.717) is 0 Å². The van der Waals surface area contributed by atoms with Crippen molar-refractivity contribution in [1.82, 2.24) is 0 Å². The lowest BCUT2D eigenvalue weighted by molar-refractivity contribution is 0.660. The number of hydrogen-bond donors (Lipinski definition) is 0. The van der Waals surface area contributed by atoms with Gasteiger partial charge in [-0.15, -0.1) is 0 Å². The number of rotatable bonds is 4.